The van der Waals surface area contributed by atoms with Crippen LogP contribution < -0.4 is 4.74 Å². The van der Waals surface area contributed by atoms with Gasteiger partial charge in [-0.05, 0) is 30.7 Å². The van der Waals surface area contributed by atoms with Gasteiger partial charge >= 0.3 is 6.18 Å². The number of allylic oxidation sites excluding steroid dienone is 2. The topological polar surface area (TPSA) is 42.3 Å². The minimum Gasteiger partial charge on any atom is -0.497 e. The molecule has 1 aromatic carbocycles. The first-order valence-electron chi connectivity index (χ1n) is 6.56. The van der Waals surface area contributed by atoms with Crippen LogP contribution in [0.1, 0.15) is 32.8 Å². The van der Waals surface area contributed by atoms with Crippen LogP contribution in [0, 0.1) is 5.41 Å². The third-order valence-electron chi connectivity index (χ3n) is 2.21. The molecule has 0 bridgehead atoms. The number of hydrogen-bond donors (Lipinski definition) is 1. The zero-order valence-corrected chi connectivity index (χ0v) is 12.5. The van der Waals surface area contributed by atoms with Gasteiger partial charge in [0.15, 0.2) is 0 Å². The van der Waals surface area contributed by atoms with Crippen molar-refractivity contribution in [2.75, 3.05) is 7.11 Å². The zero-order valence-electron chi connectivity index (χ0n) is 12.5. The summed E-state index contributed by atoms with van der Waals surface area (Å²) in [6.07, 6.45) is -3.55. The Morgan fingerprint density at radius 1 is 1.29 bits per heavy atom. The molecule has 0 aromatic heterocycles. The lowest BCUT2D eigenvalue weighted by Crippen LogP contribution is -2.18. The Morgan fingerprint density at radius 3 is 2.38 bits per heavy atom. The number of benzene rings is 1. The maximum absolute atomic E-state index is 12.6. The van der Waals surface area contributed by atoms with Crippen LogP contribution in [0.4, 0.5) is 13.2 Å². The monoisotopic (exact) mass is 303 g/mol. The van der Waals surface area contributed by atoms with Gasteiger partial charge in [0.2, 0.25) is 11.7 Å². The average Bonchev–Trinajstić information content (AvgIpc) is 2.48. The van der Waals surface area contributed by atoms with Crippen molar-refractivity contribution in [3.8, 4) is 5.75 Å². The predicted octanol–water partition coefficient (Wildman–Crippen LogP) is 4.92. The van der Waals surface area contributed by atoms with E-state index < -0.39 is 17.8 Å². The summed E-state index contributed by atoms with van der Waals surface area (Å²) >= 11 is 0. The van der Waals surface area contributed by atoms with Gasteiger partial charge in [-0.1, -0.05) is 26.8 Å². The molecule has 0 aliphatic heterocycles. The van der Waals surface area contributed by atoms with E-state index in [2.05, 4.69) is 4.74 Å². The molecule has 1 aromatic rings. The summed E-state index contributed by atoms with van der Waals surface area (Å²) in [4.78, 5) is 0. The van der Waals surface area contributed by atoms with Gasteiger partial charge in [0.05, 0.1) is 7.11 Å². The van der Waals surface area contributed by atoms with Crippen LogP contribution in [0.3, 0.4) is 0 Å². The van der Waals surface area contributed by atoms with Crippen molar-refractivity contribution in [2.24, 2.45) is 0 Å². The first kappa shape index (κ1) is 19.0. The second-order valence-corrected chi connectivity index (χ2v) is 3.64. The molecule has 21 heavy (non-hydrogen) atoms. The molecule has 1 rings (SSSR count). The number of methoxy groups -OCH3 is 1. The van der Waals surface area contributed by atoms with E-state index in [1.165, 1.54) is 19.2 Å². The Balaban J connectivity index is 0.00000191. The molecule has 0 spiro atoms. The zero-order chi connectivity index (χ0) is 16.5. The van der Waals surface area contributed by atoms with Crippen molar-refractivity contribution in [1.29, 1.82) is 5.41 Å². The highest BCUT2D eigenvalue weighted by Crippen LogP contribution is 2.28. The molecule has 0 saturated heterocycles. The molecule has 0 saturated carbocycles. The van der Waals surface area contributed by atoms with Crippen molar-refractivity contribution in [3.05, 3.63) is 41.7 Å². The number of hydrogen-bond acceptors (Lipinski definition) is 3. The van der Waals surface area contributed by atoms with Gasteiger partial charge in [-0.2, -0.15) is 13.2 Å². The first-order valence-corrected chi connectivity index (χ1v) is 6.56. The Morgan fingerprint density at radius 2 is 1.90 bits per heavy atom. The van der Waals surface area contributed by atoms with Gasteiger partial charge in [0.25, 0.3) is 0 Å². The maximum Gasteiger partial charge on any atom is 0.449 e. The second-order valence-electron chi connectivity index (χ2n) is 3.64. The smallest absolute Gasteiger partial charge is 0.449 e. The highest BCUT2D eigenvalue weighted by Gasteiger charge is 2.36. The van der Waals surface area contributed by atoms with Crippen LogP contribution in [0.25, 0.3) is 0 Å². The van der Waals surface area contributed by atoms with E-state index in [0.717, 1.165) is 6.08 Å². The highest BCUT2D eigenvalue weighted by molar-refractivity contribution is 5.92. The Labute approximate surface area is 122 Å². The van der Waals surface area contributed by atoms with Crippen LogP contribution in [0.2, 0.25) is 0 Å². The molecule has 0 aliphatic carbocycles. The fraction of sp³-hybridized carbons (Fsp3) is 0.400. The third-order valence-corrected chi connectivity index (χ3v) is 2.21. The van der Waals surface area contributed by atoms with E-state index in [-0.39, 0.29) is 12.0 Å². The van der Waals surface area contributed by atoms with Gasteiger partial charge in [0, 0.05) is 5.56 Å². The molecule has 0 aliphatic rings. The van der Waals surface area contributed by atoms with Crippen LogP contribution in [-0.2, 0) is 4.74 Å². The summed E-state index contributed by atoms with van der Waals surface area (Å²) in [7, 11) is 1.43. The molecule has 0 heterocycles. The summed E-state index contributed by atoms with van der Waals surface area (Å²) in [5.74, 6) is -1.31. The Kier molecular flexibility index (Phi) is 8.19. The van der Waals surface area contributed by atoms with Crippen molar-refractivity contribution in [1.82, 2.24) is 0 Å². The van der Waals surface area contributed by atoms with E-state index in [0.29, 0.717) is 5.75 Å². The SMILES string of the molecule is CC.CC/C=C(/OC(=N)c1cccc(OC)c1)C(F)(F)F. The molecule has 3 nitrogen and oxygen atoms in total. The summed E-state index contributed by atoms with van der Waals surface area (Å²) < 4.78 is 47.4. The lowest BCUT2D eigenvalue weighted by atomic mass is 10.2. The van der Waals surface area contributed by atoms with E-state index in [4.69, 9.17) is 10.1 Å². The quantitative estimate of drug-likeness (QED) is 0.487. The number of ether oxygens (including phenoxy) is 2. The lowest BCUT2D eigenvalue weighted by molar-refractivity contribution is -0.118. The third kappa shape index (κ3) is 6.33. The molecule has 0 fully saturated rings. The average molecular weight is 303 g/mol. The van der Waals surface area contributed by atoms with E-state index in [1.54, 1.807) is 19.1 Å². The van der Waals surface area contributed by atoms with Crippen molar-refractivity contribution >= 4 is 5.90 Å². The van der Waals surface area contributed by atoms with Crippen LogP contribution in [0.15, 0.2) is 36.1 Å². The molecule has 0 unspecified atom stereocenters. The van der Waals surface area contributed by atoms with Gasteiger partial charge in [-0.15, -0.1) is 0 Å². The fourth-order valence-electron chi connectivity index (χ4n) is 1.33. The van der Waals surface area contributed by atoms with Crippen LogP contribution in [-0.4, -0.2) is 19.2 Å². The normalized spacial score (nSPS) is 11.3. The van der Waals surface area contributed by atoms with Gasteiger partial charge in [-0.3, -0.25) is 5.41 Å². The molecular weight excluding hydrogens is 283 g/mol. The largest absolute Gasteiger partial charge is 0.497 e. The summed E-state index contributed by atoms with van der Waals surface area (Å²) in [6, 6.07) is 6.11. The maximum atomic E-state index is 12.6. The van der Waals surface area contributed by atoms with Crippen LogP contribution >= 0.6 is 0 Å². The van der Waals surface area contributed by atoms with Crippen molar-refractivity contribution < 1.29 is 22.6 Å². The van der Waals surface area contributed by atoms with Crippen molar-refractivity contribution in [2.45, 2.75) is 33.4 Å². The highest BCUT2D eigenvalue weighted by atomic mass is 19.4. The lowest BCUT2D eigenvalue weighted by Gasteiger charge is -2.14. The van der Waals surface area contributed by atoms with E-state index in [1.807, 2.05) is 13.8 Å². The Hall–Kier alpha value is -1.98. The number of rotatable bonds is 4. The molecule has 0 radical (unpaired) electrons. The van der Waals surface area contributed by atoms with E-state index >= 15 is 0 Å². The molecule has 0 atom stereocenters. The molecule has 1 N–H and O–H groups in total. The fourth-order valence-corrected chi connectivity index (χ4v) is 1.33. The second kappa shape index (κ2) is 9.05. The molecule has 118 valence electrons. The number of halogens is 3. The van der Waals surface area contributed by atoms with Gasteiger partial charge in [0.1, 0.15) is 5.75 Å². The predicted molar refractivity (Wildman–Crippen MR) is 76.7 cm³/mol. The van der Waals surface area contributed by atoms with Crippen LogP contribution in [0.5, 0.6) is 5.75 Å². The Bertz CT molecular complexity index is 482. The molecule has 0 amide bonds. The minimum absolute atomic E-state index is 0.167. The standard InChI is InChI=1S/C13H14F3NO2.C2H6/c1-3-5-11(13(14,15)16)19-12(17)9-6-4-7-10(8-9)18-2;1-2/h4-8,17H,3H2,1-2H3;1-2H3/b11-5+,17-12?;. The summed E-state index contributed by atoms with van der Waals surface area (Å²) in [5, 5.41) is 7.57. The summed E-state index contributed by atoms with van der Waals surface area (Å²) in [6.45, 7) is 5.56. The molecular formula is C15H20F3NO2. The van der Waals surface area contributed by atoms with Gasteiger partial charge in [-0.25, -0.2) is 0 Å². The van der Waals surface area contributed by atoms with E-state index in [9.17, 15) is 13.2 Å². The number of nitrogens with one attached hydrogen (secondary N) is 1. The van der Waals surface area contributed by atoms with Gasteiger partial charge < -0.3 is 9.47 Å². The van der Waals surface area contributed by atoms with Crippen molar-refractivity contribution in [3.63, 3.8) is 0 Å². The first-order chi connectivity index (χ1) is 9.88. The molecule has 6 heteroatoms. The minimum atomic E-state index is -4.61. The number of alkyl halides is 3. The summed E-state index contributed by atoms with van der Waals surface area (Å²) in [5.41, 5.74) is 0.214.